The van der Waals surface area contributed by atoms with Crippen LogP contribution in [0.1, 0.15) is 53.9 Å². The third-order valence-electron chi connectivity index (χ3n) is 5.30. The van der Waals surface area contributed by atoms with Crippen molar-refractivity contribution < 1.29 is 67.1 Å². The molecule has 0 radical (unpaired) electrons. The van der Waals surface area contributed by atoms with E-state index in [4.69, 9.17) is 28.0 Å². The van der Waals surface area contributed by atoms with Crippen LogP contribution in [-0.4, -0.2) is 75.9 Å². The Balaban J connectivity index is 2.55. The molecule has 0 aromatic heterocycles. The molecule has 36 heavy (non-hydrogen) atoms. The van der Waals surface area contributed by atoms with Crippen LogP contribution in [0.25, 0.3) is 0 Å². The van der Waals surface area contributed by atoms with Crippen LogP contribution < -0.4 is 0 Å². The summed E-state index contributed by atoms with van der Waals surface area (Å²) < 4.78 is 142. The van der Waals surface area contributed by atoms with Crippen LogP contribution in [0.2, 0.25) is 0 Å². The van der Waals surface area contributed by atoms with E-state index in [0.717, 1.165) is 0 Å². The van der Waals surface area contributed by atoms with Gasteiger partial charge in [-0.2, -0.15) is 30.4 Å². The first kappa shape index (κ1) is 31.8. The maximum Gasteiger partial charge on any atom is 0.523 e. The standard InChI is InChI=1S/C19H32F5O10PS/c1-6-9-10-28-14-13-15(33-16(4,5)32-13)34-17(14,12-31-36(26,27)19(22,23)24)11-18(20,21)35(25,29-7-2)30-8-3/h13-15H,6-12H2,1-5H3/t13?,14?,15-,17+/m0/s1. The largest absolute Gasteiger partial charge is 0.523 e. The van der Waals surface area contributed by atoms with E-state index in [1.807, 2.05) is 0 Å². The van der Waals surface area contributed by atoms with Crippen molar-refractivity contribution in [1.29, 1.82) is 0 Å². The van der Waals surface area contributed by atoms with E-state index in [1.54, 1.807) is 6.92 Å². The molecule has 0 aromatic carbocycles. The van der Waals surface area contributed by atoms with Crippen molar-refractivity contribution in [3.8, 4) is 0 Å². The zero-order chi connectivity index (χ0) is 27.6. The van der Waals surface area contributed by atoms with Crippen molar-refractivity contribution in [2.24, 2.45) is 0 Å². The van der Waals surface area contributed by atoms with Crippen LogP contribution >= 0.6 is 7.60 Å². The number of alkyl halides is 5. The summed E-state index contributed by atoms with van der Waals surface area (Å²) >= 11 is 0. The van der Waals surface area contributed by atoms with Gasteiger partial charge in [-0.25, -0.2) is 0 Å². The molecule has 2 aliphatic heterocycles. The van der Waals surface area contributed by atoms with Crippen LogP contribution in [-0.2, 0) is 46.9 Å². The van der Waals surface area contributed by atoms with E-state index >= 15 is 8.78 Å². The fourth-order valence-corrected chi connectivity index (χ4v) is 5.91. The molecule has 0 amide bonds. The number of rotatable bonds is 14. The average Bonchev–Trinajstić information content (AvgIpc) is 3.15. The van der Waals surface area contributed by atoms with Gasteiger partial charge in [0.25, 0.3) is 0 Å². The van der Waals surface area contributed by atoms with E-state index in [2.05, 4.69) is 4.18 Å². The predicted molar refractivity (Wildman–Crippen MR) is 114 cm³/mol. The molecule has 10 nitrogen and oxygen atoms in total. The highest BCUT2D eigenvalue weighted by Gasteiger charge is 2.69. The topological polar surface area (TPSA) is 116 Å². The van der Waals surface area contributed by atoms with Crippen molar-refractivity contribution in [2.75, 3.05) is 26.4 Å². The summed E-state index contributed by atoms with van der Waals surface area (Å²) in [6.07, 6.45) is -4.90. The third-order valence-corrected chi connectivity index (χ3v) is 8.45. The Morgan fingerprint density at radius 3 is 2.06 bits per heavy atom. The van der Waals surface area contributed by atoms with Crippen molar-refractivity contribution in [3.63, 3.8) is 0 Å². The molecule has 0 saturated carbocycles. The highest BCUT2D eigenvalue weighted by atomic mass is 32.2. The average molecular weight is 578 g/mol. The molecule has 17 heteroatoms. The number of hydrogen-bond donors (Lipinski definition) is 0. The summed E-state index contributed by atoms with van der Waals surface area (Å²) in [6, 6.07) is 0. The van der Waals surface area contributed by atoms with Gasteiger partial charge in [-0.3, -0.25) is 8.75 Å². The van der Waals surface area contributed by atoms with Crippen molar-refractivity contribution in [2.45, 2.75) is 94.9 Å². The third kappa shape index (κ3) is 6.75. The lowest BCUT2D eigenvalue weighted by atomic mass is 9.92. The second kappa shape index (κ2) is 11.3. The number of hydrogen-bond acceptors (Lipinski definition) is 10. The van der Waals surface area contributed by atoms with E-state index in [-0.39, 0.29) is 6.61 Å². The van der Waals surface area contributed by atoms with Gasteiger partial charge in [0.15, 0.2) is 12.1 Å². The van der Waals surface area contributed by atoms with Gasteiger partial charge < -0.3 is 28.0 Å². The Labute approximate surface area is 206 Å². The molecule has 2 rings (SSSR count). The van der Waals surface area contributed by atoms with Gasteiger partial charge in [0, 0.05) is 6.61 Å². The Hall–Kier alpha value is -0.450. The Kier molecular flexibility index (Phi) is 10.0. The van der Waals surface area contributed by atoms with Crippen LogP contribution in [0.15, 0.2) is 0 Å². The molecule has 4 atom stereocenters. The van der Waals surface area contributed by atoms with E-state index < -0.39 is 85.0 Å². The molecule has 0 spiro atoms. The Bertz CT molecular complexity index is 890. The quantitative estimate of drug-likeness (QED) is 0.0957. The molecular formula is C19H32F5O10PS. The monoisotopic (exact) mass is 578 g/mol. The van der Waals surface area contributed by atoms with Crippen LogP contribution in [0, 0.1) is 0 Å². The summed E-state index contributed by atoms with van der Waals surface area (Å²) in [5.41, 5.74) is -12.8. The zero-order valence-electron chi connectivity index (χ0n) is 20.5. The smallest absolute Gasteiger partial charge is 0.372 e. The molecule has 0 N–H and O–H groups in total. The molecule has 2 aliphatic rings. The number of halogens is 5. The van der Waals surface area contributed by atoms with Gasteiger partial charge in [0.2, 0.25) is 0 Å². The zero-order valence-corrected chi connectivity index (χ0v) is 22.2. The van der Waals surface area contributed by atoms with E-state index in [1.165, 1.54) is 27.7 Å². The minimum atomic E-state index is -6.22. The van der Waals surface area contributed by atoms with Crippen LogP contribution in [0.4, 0.5) is 22.0 Å². The van der Waals surface area contributed by atoms with Gasteiger partial charge >= 0.3 is 28.9 Å². The lowest BCUT2D eigenvalue weighted by molar-refractivity contribution is -0.257. The highest BCUT2D eigenvalue weighted by Crippen LogP contribution is 2.65. The molecule has 2 heterocycles. The SMILES string of the molecule is CCCCOC1C2OC(C)(C)O[C@H]2O[C@@]1(COS(=O)(=O)C(F)(F)F)CC(F)(F)P(=O)(OCC)OCC. The fourth-order valence-electron chi connectivity index (χ4n) is 3.83. The molecule has 2 unspecified atom stereocenters. The summed E-state index contributed by atoms with van der Waals surface area (Å²) in [5.74, 6) is -1.28. The first-order chi connectivity index (χ1) is 16.4. The van der Waals surface area contributed by atoms with E-state index in [9.17, 15) is 26.2 Å². The first-order valence-corrected chi connectivity index (χ1v) is 14.2. The summed E-state index contributed by atoms with van der Waals surface area (Å²) in [5, 5.41) is 0. The number of ether oxygens (including phenoxy) is 4. The summed E-state index contributed by atoms with van der Waals surface area (Å²) in [7, 11) is -11.4. The molecule has 214 valence electrons. The molecule has 2 fully saturated rings. The van der Waals surface area contributed by atoms with Crippen LogP contribution in [0.5, 0.6) is 0 Å². The number of unbranched alkanes of at least 4 members (excludes halogenated alkanes) is 1. The van der Waals surface area contributed by atoms with Gasteiger partial charge in [-0.05, 0) is 34.1 Å². The van der Waals surface area contributed by atoms with Gasteiger partial charge in [0.1, 0.15) is 17.8 Å². The van der Waals surface area contributed by atoms with Crippen LogP contribution in [0.3, 0.4) is 0 Å². The molecule has 0 bridgehead atoms. The van der Waals surface area contributed by atoms with Crippen molar-refractivity contribution >= 4 is 17.7 Å². The maximum absolute atomic E-state index is 15.5. The van der Waals surface area contributed by atoms with Gasteiger partial charge in [-0.15, -0.1) is 0 Å². The summed E-state index contributed by atoms with van der Waals surface area (Å²) in [6.45, 7) is 4.82. The predicted octanol–water partition coefficient (Wildman–Crippen LogP) is 4.53. The van der Waals surface area contributed by atoms with Gasteiger partial charge in [0.05, 0.1) is 26.2 Å². The summed E-state index contributed by atoms with van der Waals surface area (Å²) in [4.78, 5) is 0. The Morgan fingerprint density at radius 2 is 1.56 bits per heavy atom. The molecule has 2 saturated heterocycles. The van der Waals surface area contributed by atoms with Crippen molar-refractivity contribution in [1.82, 2.24) is 0 Å². The minimum absolute atomic E-state index is 0.0640. The highest BCUT2D eigenvalue weighted by molar-refractivity contribution is 7.87. The first-order valence-electron chi connectivity index (χ1n) is 11.3. The van der Waals surface area contributed by atoms with Crippen molar-refractivity contribution in [3.05, 3.63) is 0 Å². The lowest BCUT2D eigenvalue weighted by Gasteiger charge is -2.39. The molecular weight excluding hydrogens is 546 g/mol. The number of fused-ring (bicyclic) bond motifs is 1. The van der Waals surface area contributed by atoms with Gasteiger partial charge in [-0.1, -0.05) is 13.3 Å². The maximum atomic E-state index is 15.5. The fraction of sp³-hybridized carbons (Fsp3) is 1.00. The lowest BCUT2D eigenvalue weighted by Crippen LogP contribution is -2.54. The molecule has 0 aliphatic carbocycles. The Morgan fingerprint density at radius 1 is 0.972 bits per heavy atom. The second-order valence-corrected chi connectivity index (χ2v) is 12.4. The molecule has 0 aromatic rings. The minimum Gasteiger partial charge on any atom is -0.372 e. The van der Waals surface area contributed by atoms with E-state index in [0.29, 0.717) is 12.8 Å². The normalized spacial score (nSPS) is 29.0. The second-order valence-electron chi connectivity index (χ2n) is 8.63.